The fourth-order valence-electron chi connectivity index (χ4n) is 1.92. The fourth-order valence-corrected chi connectivity index (χ4v) is 1.92. The molecule has 0 unspecified atom stereocenters. The van der Waals surface area contributed by atoms with E-state index in [0.29, 0.717) is 0 Å². The Morgan fingerprint density at radius 1 is 1.00 bits per heavy atom. The summed E-state index contributed by atoms with van der Waals surface area (Å²) in [5.74, 6) is 1.66. The fraction of sp³-hybridized carbons (Fsp3) is 0.0714. The number of nitrogens with zero attached hydrogens (tertiary/aromatic N) is 1. The Hall–Kier alpha value is -2.29. The van der Waals surface area contributed by atoms with Crippen molar-refractivity contribution >= 4 is 11.0 Å². The minimum absolute atomic E-state index is 0.826. The van der Waals surface area contributed by atoms with Crippen LogP contribution in [0.1, 0.15) is 0 Å². The summed E-state index contributed by atoms with van der Waals surface area (Å²) in [7, 11) is 1.67. The Bertz CT molecular complexity index is 625. The number of nitrogens with one attached hydrogen (secondary N) is 1. The van der Waals surface area contributed by atoms with Crippen molar-refractivity contribution in [1.82, 2.24) is 9.97 Å². The van der Waals surface area contributed by atoms with Gasteiger partial charge in [-0.1, -0.05) is 24.3 Å². The molecule has 1 N–H and O–H groups in total. The number of aromatic nitrogens is 2. The first-order chi connectivity index (χ1) is 8.38. The van der Waals surface area contributed by atoms with Crippen molar-refractivity contribution in [2.75, 3.05) is 7.11 Å². The maximum atomic E-state index is 5.34. The minimum atomic E-state index is 0.826. The standard InChI is InChI=1S/C14H12N2O/c1-17-13-9-5-2-6-10(13)14-15-11-7-3-4-8-12(11)16-14/h2-9H,1H3,(H,15,16). The first-order valence-corrected chi connectivity index (χ1v) is 5.46. The zero-order valence-electron chi connectivity index (χ0n) is 9.47. The lowest BCUT2D eigenvalue weighted by molar-refractivity contribution is 0.416. The Balaban J connectivity index is 2.20. The van der Waals surface area contributed by atoms with Crippen molar-refractivity contribution in [2.45, 2.75) is 0 Å². The molecule has 1 aromatic heterocycles. The molecule has 0 aliphatic rings. The lowest BCUT2D eigenvalue weighted by Gasteiger charge is -2.04. The Labute approximate surface area is 99.1 Å². The Morgan fingerprint density at radius 3 is 2.59 bits per heavy atom. The van der Waals surface area contributed by atoms with Crippen molar-refractivity contribution in [2.24, 2.45) is 0 Å². The molecule has 2 aromatic carbocycles. The second-order valence-corrected chi connectivity index (χ2v) is 3.80. The smallest absolute Gasteiger partial charge is 0.142 e. The van der Waals surface area contributed by atoms with E-state index in [0.717, 1.165) is 28.2 Å². The Kier molecular flexibility index (Phi) is 2.29. The van der Waals surface area contributed by atoms with Crippen LogP contribution in [0.2, 0.25) is 0 Å². The molecular formula is C14H12N2O. The molecule has 1 heterocycles. The van der Waals surface area contributed by atoms with Crippen molar-refractivity contribution in [1.29, 1.82) is 0 Å². The van der Waals surface area contributed by atoms with Crippen molar-refractivity contribution < 1.29 is 4.74 Å². The summed E-state index contributed by atoms with van der Waals surface area (Å²) >= 11 is 0. The number of para-hydroxylation sites is 3. The van der Waals surface area contributed by atoms with Crippen LogP contribution in [0.3, 0.4) is 0 Å². The van der Waals surface area contributed by atoms with Gasteiger partial charge in [0.05, 0.1) is 23.7 Å². The molecular weight excluding hydrogens is 212 g/mol. The van der Waals surface area contributed by atoms with Gasteiger partial charge in [-0.2, -0.15) is 0 Å². The highest BCUT2D eigenvalue weighted by Gasteiger charge is 2.08. The lowest BCUT2D eigenvalue weighted by atomic mass is 10.2. The quantitative estimate of drug-likeness (QED) is 0.725. The monoisotopic (exact) mass is 224 g/mol. The number of fused-ring (bicyclic) bond motifs is 1. The van der Waals surface area contributed by atoms with E-state index in [9.17, 15) is 0 Å². The van der Waals surface area contributed by atoms with Gasteiger partial charge in [-0.3, -0.25) is 0 Å². The molecule has 17 heavy (non-hydrogen) atoms. The van der Waals surface area contributed by atoms with Gasteiger partial charge in [0.2, 0.25) is 0 Å². The van der Waals surface area contributed by atoms with Crippen LogP contribution in [0.4, 0.5) is 0 Å². The third-order valence-corrected chi connectivity index (χ3v) is 2.75. The van der Waals surface area contributed by atoms with Crippen LogP contribution in [-0.4, -0.2) is 17.1 Å². The maximum absolute atomic E-state index is 5.34. The number of imidazole rings is 1. The van der Waals surface area contributed by atoms with Crippen LogP contribution in [0, 0.1) is 0 Å². The molecule has 0 bridgehead atoms. The molecule has 0 spiro atoms. The van der Waals surface area contributed by atoms with Crippen LogP contribution in [0.5, 0.6) is 5.75 Å². The SMILES string of the molecule is COc1ccccc1-c1nc2ccccc2[nH]1. The molecule has 3 nitrogen and oxygen atoms in total. The number of methoxy groups -OCH3 is 1. The summed E-state index contributed by atoms with van der Waals surface area (Å²) < 4.78 is 5.34. The predicted molar refractivity (Wildman–Crippen MR) is 68.1 cm³/mol. The van der Waals surface area contributed by atoms with Crippen LogP contribution in [0.15, 0.2) is 48.5 Å². The van der Waals surface area contributed by atoms with E-state index in [4.69, 9.17) is 4.74 Å². The topological polar surface area (TPSA) is 37.9 Å². The molecule has 3 rings (SSSR count). The van der Waals surface area contributed by atoms with Gasteiger partial charge in [0.1, 0.15) is 11.6 Å². The minimum Gasteiger partial charge on any atom is -0.496 e. The van der Waals surface area contributed by atoms with Crippen molar-refractivity contribution in [3.8, 4) is 17.1 Å². The van der Waals surface area contributed by atoms with E-state index in [1.54, 1.807) is 7.11 Å². The second-order valence-electron chi connectivity index (χ2n) is 3.80. The van der Waals surface area contributed by atoms with Gasteiger partial charge in [0.15, 0.2) is 0 Å². The number of hydrogen-bond acceptors (Lipinski definition) is 2. The third-order valence-electron chi connectivity index (χ3n) is 2.75. The van der Waals surface area contributed by atoms with E-state index in [2.05, 4.69) is 9.97 Å². The molecule has 0 aliphatic heterocycles. The number of aromatic amines is 1. The second kappa shape index (κ2) is 3.94. The number of rotatable bonds is 2. The van der Waals surface area contributed by atoms with Crippen LogP contribution in [-0.2, 0) is 0 Å². The van der Waals surface area contributed by atoms with E-state index in [1.165, 1.54) is 0 Å². The van der Waals surface area contributed by atoms with Gasteiger partial charge < -0.3 is 9.72 Å². The summed E-state index contributed by atoms with van der Waals surface area (Å²) in [6, 6.07) is 15.8. The predicted octanol–water partition coefficient (Wildman–Crippen LogP) is 3.24. The number of benzene rings is 2. The molecule has 0 saturated heterocycles. The normalized spacial score (nSPS) is 10.6. The number of ether oxygens (including phenoxy) is 1. The summed E-state index contributed by atoms with van der Waals surface area (Å²) in [6.45, 7) is 0. The van der Waals surface area contributed by atoms with E-state index < -0.39 is 0 Å². The summed E-state index contributed by atoms with van der Waals surface area (Å²) in [4.78, 5) is 7.85. The van der Waals surface area contributed by atoms with Gasteiger partial charge in [-0.25, -0.2) is 4.98 Å². The molecule has 3 aromatic rings. The first kappa shape index (κ1) is 9.90. The van der Waals surface area contributed by atoms with Gasteiger partial charge >= 0.3 is 0 Å². The van der Waals surface area contributed by atoms with E-state index in [-0.39, 0.29) is 0 Å². The van der Waals surface area contributed by atoms with Crippen LogP contribution in [0.25, 0.3) is 22.4 Å². The van der Waals surface area contributed by atoms with Gasteiger partial charge in [-0.15, -0.1) is 0 Å². The highest BCUT2D eigenvalue weighted by molar-refractivity contribution is 5.80. The molecule has 0 fully saturated rings. The molecule has 0 aliphatic carbocycles. The molecule has 0 saturated carbocycles. The zero-order chi connectivity index (χ0) is 11.7. The highest BCUT2D eigenvalue weighted by Crippen LogP contribution is 2.28. The highest BCUT2D eigenvalue weighted by atomic mass is 16.5. The summed E-state index contributed by atoms with van der Waals surface area (Å²) in [5.41, 5.74) is 2.98. The summed E-state index contributed by atoms with van der Waals surface area (Å²) in [6.07, 6.45) is 0. The molecule has 0 amide bonds. The van der Waals surface area contributed by atoms with Gasteiger partial charge in [0, 0.05) is 0 Å². The van der Waals surface area contributed by atoms with Gasteiger partial charge in [-0.05, 0) is 24.3 Å². The summed E-state index contributed by atoms with van der Waals surface area (Å²) in [5, 5.41) is 0. The Morgan fingerprint density at radius 2 is 1.76 bits per heavy atom. The maximum Gasteiger partial charge on any atom is 0.142 e. The molecule has 0 atom stereocenters. The number of H-pyrrole nitrogens is 1. The largest absolute Gasteiger partial charge is 0.496 e. The van der Waals surface area contributed by atoms with Crippen LogP contribution >= 0.6 is 0 Å². The molecule has 3 heteroatoms. The molecule has 0 radical (unpaired) electrons. The lowest BCUT2D eigenvalue weighted by Crippen LogP contribution is -1.88. The molecule has 84 valence electrons. The third kappa shape index (κ3) is 1.65. The zero-order valence-corrected chi connectivity index (χ0v) is 9.47. The van der Waals surface area contributed by atoms with E-state index in [1.807, 2.05) is 48.5 Å². The number of hydrogen-bond donors (Lipinski definition) is 1. The van der Waals surface area contributed by atoms with Gasteiger partial charge in [0.25, 0.3) is 0 Å². The average Bonchev–Trinajstić information content (AvgIpc) is 2.82. The average molecular weight is 224 g/mol. The van der Waals surface area contributed by atoms with Crippen molar-refractivity contribution in [3.63, 3.8) is 0 Å². The first-order valence-electron chi connectivity index (χ1n) is 5.46. The van der Waals surface area contributed by atoms with Crippen LogP contribution < -0.4 is 4.74 Å². The van der Waals surface area contributed by atoms with E-state index >= 15 is 0 Å². The van der Waals surface area contributed by atoms with Crippen molar-refractivity contribution in [3.05, 3.63) is 48.5 Å².